The van der Waals surface area contributed by atoms with Gasteiger partial charge >= 0.3 is 0 Å². The van der Waals surface area contributed by atoms with Crippen LogP contribution in [0.2, 0.25) is 0 Å². The van der Waals surface area contributed by atoms with Crippen molar-refractivity contribution in [1.29, 1.82) is 0 Å². The fourth-order valence-corrected chi connectivity index (χ4v) is 1.82. The molecule has 0 radical (unpaired) electrons. The van der Waals surface area contributed by atoms with Gasteiger partial charge in [-0.3, -0.25) is 0 Å². The summed E-state index contributed by atoms with van der Waals surface area (Å²) in [6.45, 7) is 1.95. The molecule has 0 unspecified atom stereocenters. The Balaban J connectivity index is 2.35. The summed E-state index contributed by atoms with van der Waals surface area (Å²) in [6, 6.07) is 11.9. The Morgan fingerprint density at radius 3 is 2.80 bits per heavy atom. The van der Waals surface area contributed by atoms with Crippen LogP contribution in [0.5, 0.6) is 0 Å². The summed E-state index contributed by atoms with van der Waals surface area (Å²) in [5, 5.41) is 1.11. The summed E-state index contributed by atoms with van der Waals surface area (Å²) >= 11 is 0. The zero-order valence-corrected chi connectivity index (χ0v) is 8.36. The first-order valence-corrected chi connectivity index (χ1v) is 4.87. The van der Waals surface area contributed by atoms with Crippen LogP contribution in [0.3, 0.4) is 0 Å². The van der Waals surface area contributed by atoms with Crippen LogP contribution >= 0.6 is 0 Å². The lowest BCUT2D eigenvalue weighted by Gasteiger charge is -1.97. The predicted octanol–water partition coefficient (Wildman–Crippen LogP) is 4.00. The predicted molar refractivity (Wildman–Crippen MR) is 58.7 cm³/mol. The highest BCUT2D eigenvalue weighted by atomic mass is 16.3. The first kappa shape index (κ1) is 8.36. The minimum atomic E-state index is 0.843. The van der Waals surface area contributed by atoms with Crippen LogP contribution in [0.25, 0.3) is 22.3 Å². The smallest absolute Gasteiger partial charge is 0.145 e. The van der Waals surface area contributed by atoms with Gasteiger partial charge in [0.25, 0.3) is 0 Å². The average Bonchev–Trinajstić information content (AvgIpc) is 2.82. The number of hydrogen-bond donors (Lipinski definition) is 0. The number of rotatable bonds is 1. The van der Waals surface area contributed by atoms with E-state index in [1.54, 1.807) is 6.26 Å². The van der Waals surface area contributed by atoms with E-state index in [2.05, 4.69) is 0 Å². The van der Waals surface area contributed by atoms with E-state index >= 15 is 0 Å². The van der Waals surface area contributed by atoms with Crippen LogP contribution in [0.4, 0.5) is 0 Å². The maximum absolute atomic E-state index is 5.66. The van der Waals surface area contributed by atoms with Crippen LogP contribution in [-0.2, 0) is 0 Å². The molecule has 0 saturated heterocycles. The van der Waals surface area contributed by atoms with Crippen molar-refractivity contribution >= 4 is 11.0 Å². The van der Waals surface area contributed by atoms with Gasteiger partial charge in [0.2, 0.25) is 0 Å². The van der Waals surface area contributed by atoms with Crippen LogP contribution in [0, 0.1) is 6.92 Å². The van der Waals surface area contributed by atoms with Gasteiger partial charge in [-0.2, -0.15) is 0 Å². The van der Waals surface area contributed by atoms with Crippen molar-refractivity contribution in [2.75, 3.05) is 0 Å². The Kier molecular flexibility index (Phi) is 1.68. The van der Waals surface area contributed by atoms with E-state index in [-0.39, 0.29) is 0 Å². The lowest BCUT2D eigenvalue weighted by Crippen LogP contribution is -1.73. The molecule has 2 nitrogen and oxygen atoms in total. The number of aryl methyl sites for hydroxylation is 1. The average molecular weight is 198 g/mol. The molecule has 0 fully saturated rings. The van der Waals surface area contributed by atoms with E-state index in [0.717, 1.165) is 28.1 Å². The standard InChI is InChI=1S/C13H10O2/c1-9-8-10-4-2-5-11(13(10)15-9)12-6-3-7-14-12/h2-8H,1H3. The third-order valence-corrected chi connectivity index (χ3v) is 2.45. The molecule has 0 aliphatic rings. The minimum absolute atomic E-state index is 0.843. The summed E-state index contributed by atoms with van der Waals surface area (Å²) in [5.41, 5.74) is 1.90. The van der Waals surface area contributed by atoms with Crippen molar-refractivity contribution in [2.45, 2.75) is 6.92 Å². The van der Waals surface area contributed by atoms with Gasteiger partial charge in [0.1, 0.15) is 17.1 Å². The van der Waals surface area contributed by atoms with Crippen LogP contribution in [-0.4, -0.2) is 0 Å². The Bertz CT molecular complexity index is 588. The molecule has 0 saturated carbocycles. The number of furan rings is 2. The maximum atomic E-state index is 5.66. The Labute approximate surface area is 87.1 Å². The molecule has 0 N–H and O–H groups in total. The van der Waals surface area contributed by atoms with E-state index in [1.807, 2.05) is 43.3 Å². The third-order valence-electron chi connectivity index (χ3n) is 2.45. The molecule has 1 aromatic carbocycles. The monoisotopic (exact) mass is 198 g/mol. The number of benzene rings is 1. The third kappa shape index (κ3) is 1.26. The second kappa shape index (κ2) is 3.02. The summed E-state index contributed by atoms with van der Waals surface area (Å²) in [5.74, 6) is 1.76. The van der Waals surface area contributed by atoms with Gasteiger partial charge in [-0.05, 0) is 31.2 Å². The van der Waals surface area contributed by atoms with Crippen LogP contribution in [0.15, 0.2) is 51.5 Å². The van der Waals surface area contributed by atoms with E-state index in [9.17, 15) is 0 Å². The van der Waals surface area contributed by atoms with E-state index in [0.29, 0.717) is 0 Å². The number of fused-ring (bicyclic) bond motifs is 1. The van der Waals surface area contributed by atoms with Gasteiger partial charge in [-0.25, -0.2) is 0 Å². The minimum Gasteiger partial charge on any atom is -0.464 e. The highest BCUT2D eigenvalue weighted by molar-refractivity contribution is 5.91. The molecule has 0 atom stereocenters. The molecular formula is C13H10O2. The molecule has 2 heterocycles. The first-order chi connectivity index (χ1) is 7.34. The lowest BCUT2D eigenvalue weighted by molar-refractivity contribution is 0.567. The highest BCUT2D eigenvalue weighted by Gasteiger charge is 2.09. The quantitative estimate of drug-likeness (QED) is 0.590. The lowest BCUT2D eigenvalue weighted by atomic mass is 10.1. The Morgan fingerprint density at radius 2 is 2.00 bits per heavy atom. The molecule has 0 amide bonds. The molecule has 2 aromatic heterocycles. The molecule has 74 valence electrons. The highest BCUT2D eigenvalue weighted by Crippen LogP contribution is 2.30. The van der Waals surface area contributed by atoms with Gasteiger partial charge in [0, 0.05) is 5.39 Å². The van der Waals surface area contributed by atoms with Crippen molar-refractivity contribution in [2.24, 2.45) is 0 Å². The summed E-state index contributed by atoms with van der Waals surface area (Å²) in [7, 11) is 0. The summed E-state index contributed by atoms with van der Waals surface area (Å²) in [6.07, 6.45) is 1.67. The SMILES string of the molecule is Cc1cc2cccc(-c3ccco3)c2o1. The van der Waals surface area contributed by atoms with Gasteiger partial charge in [0.05, 0.1) is 11.8 Å². The number of hydrogen-bond acceptors (Lipinski definition) is 2. The summed E-state index contributed by atoms with van der Waals surface area (Å²) < 4.78 is 11.0. The molecule has 3 rings (SSSR count). The van der Waals surface area contributed by atoms with E-state index in [1.165, 1.54) is 0 Å². The second-order valence-electron chi connectivity index (χ2n) is 3.56. The largest absolute Gasteiger partial charge is 0.464 e. The Hall–Kier alpha value is -1.96. The molecule has 0 bridgehead atoms. The van der Waals surface area contributed by atoms with Gasteiger partial charge in [-0.15, -0.1) is 0 Å². The topological polar surface area (TPSA) is 26.3 Å². The second-order valence-corrected chi connectivity index (χ2v) is 3.56. The van der Waals surface area contributed by atoms with Crippen LogP contribution in [0.1, 0.15) is 5.76 Å². The molecule has 15 heavy (non-hydrogen) atoms. The van der Waals surface area contributed by atoms with Crippen molar-refractivity contribution in [3.05, 3.63) is 48.4 Å². The molecule has 0 aliphatic carbocycles. The van der Waals surface area contributed by atoms with E-state index < -0.39 is 0 Å². The molecule has 2 heteroatoms. The van der Waals surface area contributed by atoms with Crippen molar-refractivity contribution in [3.63, 3.8) is 0 Å². The van der Waals surface area contributed by atoms with Gasteiger partial charge in [-0.1, -0.05) is 12.1 Å². The fraction of sp³-hybridized carbons (Fsp3) is 0.0769. The fourth-order valence-electron chi connectivity index (χ4n) is 1.82. The maximum Gasteiger partial charge on any atom is 0.145 e. The van der Waals surface area contributed by atoms with Crippen LogP contribution < -0.4 is 0 Å². The Morgan fingerprint density at radius 1 is 1.07 bits per heavy atom. The summed E-state index contributed by atoms with van der Waals surface area (Å²) in [4.78, 5) is 0. The van der Waals surface area contributed by atoms with Gasteiger partial charge < -0.3 is 8.83 Å². The zero-order valence-electron chi connectivity index (χ0n) is 8.36. The normalized spacial score (nSPS) is 11.0. The van der Waals surface area contributed by atoms with E-state index in [4.69, 9.17) is 8.83 Å². The van der Waals surface area contributed by atoms with Gasteiger partial charge in [0.15, 0.2) is 0 Å². The first-order valence-electron chi connectivity index (χ1n) is 4.87. The number of para-hydroxylation sites is 1. The molecule has 3 aromatic rings. The zero-order chi connectivity index (χ0) is 10.3. The molecular weight excluding hydrogens is 188 g/mol. The van der Waals surface area contributed by atoms with Crippen molar-refractivity contribution in [3.8, 4) is 11.3 Å². The molecule has 0 aliphatic heterocycles. The van der Waals surface area contributed by atoms with Crippen molar-refractivity contribution < 1.29 is 8.83 Å². The molecule has 0 spiro atoms. The van der Waals surface area contributed by atoms with Crippen molar-refractivity contribution in [1.82, 2.24) is 0 Å².